The van der Waals surface area contributed by atoms with Crippen molar-refractivity contribution in [1.29, 1.82) is 0 Å². The van der Waals surface area contributed by atoms with Gasteiger partial charge in [0.1, 0.15) is 11.9 Å². The zero-order valence-electron chi connectivity index (χ0n) is 15.2. The second-order valence-electron chi connectivity index (χ2n) is 6.62. The highest BCUT2D eigenvalue weighted by molar-refractivity contribution is 6.01. The van der Waals surface area contributed by atoms with Gasteiger partial charge in [-0.2, -0.15) is 0 Å². The van der Waals surface area contributed by atoms with Gasteiger partial charge in [0.25, 0.3) is 5.91 Å². The van der Waals surface area contributed by atoms with Gasteiger partial charge in [0.15, 0.2) is 0 Å². The Bertz CT molecular complexity index is 756. The summed E-state index contributed by atoms with van der Waals surface area (Å²) in [6, 6.07) is 12.2. The fourth-order valence-corrected chi connectivity index (χ4v) is 2.59. The summed E-state index contributed by atoms with van der Waals surface area (Å²) in [7, 11) is 0. The minimum Gasteiger partial charge on any atom is -0.340 e. The minimum absolute atomic E-state index is 0.240. The number of aryl methyl sites for hydroxylation is 2. The van der Waals surface area contributed by atoms with Crippen LogP contribution >= 0.6 is 0 Å². The third kappa shape index (κ3) is 5.41. The molecule has 0 spiro atoms. The molecule has 2 amide bonds. The van der Waals surface area contributed by atoms with Crippen LogP contribution < -0.4 is 10.6 Å². The Morgan fingerprint density at radius 3 is 2.40 bits per heavy atom. The largest absolute Gasteiger partial charge is 0.340 e. The lowest BCUT2D eigenvalue weighted by Gasteiger charge is -2.20. The first-order chi connectivity index (χ1) is 11.9. The molecule has 0 aliphatic heterocycles. The highest BCUT2D eigenvalue weighted by Gasteiger charge is 2.23. The molecule has 0 bridgehead atoms. The fraction of sp³-hybridized carbons (Fsp3) is 0.350. The molecule has 2 N–H and O–H groups in total. The smallest absolute Gasteiger partial charge is 0.252 e. The summed E-state index contributed by atoms with van der Waals surface area (Å²) < 4.78 is 0. The molecule has 1 aromatic carbocycles. The van der Waals surface area contributed by atoms with Gasteiger partial charge in [0.05, 0.1) is 0 Å². The molecule has 1 aromatic heterocycles. The van der Waals surface area contributed by atoms with Crippen LogP contribution in [-0.2, 0) is 4.79 Å². The van der Waals surface area contributed by atoms with E-state index in [-0.39, 0.29) is 17.7 Å². The number of carbonyl (C=O) groups excluding carboxylic acids is 2. The van der Waals surface area contributed by atoms with E-state index in [1.807, 2.05) is 58.0 Å². The van der Waals surface area contributed by atoms with Gasteiger partial charge < -0.3 is 10.6 Å². The van der Waals surface area contributed by atoms with Crippen molar-refractivity contribution < 1.29 is 9.59 Å². The van der Waals surface area contributed by atoms with Crippen molar-refractivity contribution in [2.45, 2.75) is 40.2 Å². The third-order valence-electron chi connectivity index (χ3n) is 3.86. The summed E-state index contributed by atoms with van der Waals surface area (Å²) in [5.74, 6) is 0.257. The standard InChI is InChI=1S/C20H25N3O2/c1-13(2)12-17(20(25)23-18-11-7-9-15(4)21-18)22-19(24)16-10-6-5-8-14(16)3/h5-11,13,17H,12H2,1-4H3,(H,22,24)(H,21,23,25). The van der Waals surface area contributed by atoms with Crippen LogP contribution in [0.4, 0.5) is 5.82 Å². The lowest BCUT2D eigenvalue weighted by atomic mass is 10.0. The van der Waals surface area contributed by atoms with Gasteiger partial charge >= 0.3 is 0 Å². The van der Waals surface area contributed by atoms with E-state index in [4.69, 9.17) is 0 Å². The monoisotopic (exact) mass is 339 g/mol. The van der Waals surface area contributed by atoms with Gasteiger partial charge in [0, 0.05) is 11.3 Å². The van der Waals surface area contributed by atoms with Crippen LogP contribution in [-0.4, -0.2) is 22.8 Å². The molecule has 5 heteroatoms. The third-order valence-corrected chi connectivity index (χ3v) is 3.86. The van der Waals surface area contributed by atoms with E-state index in [9.17, 15) is 9.59 Å². The molecular formula is C20H25N3O2. The molecule has 0 aliphatic carbocycles. The Kier molecular flexibility index (Phi) is 6.28. The number of rotatable bonds is 6. The number of aromatic nitrogens is 1. The van der Waals surface area contributed by atoms with E-state index in [0.29, 0.717) is 17.8 Å². The number of carbonyl (C=O) groups is 2. The van der Waals surface area contributed by atoms with E-state index in [0.717, 1.165) is 11.3 Å². The Morgan fingerprint density at radius 2 is 1.76 bits per heavy atom. The van der Waals surface area contributed by atoms with Crippen molar-refractivity contribution in [2.24, 2.45) is 5.92 Å². The highest BCUT2D eigenvalue weighted by atomic mass is 16.2. The van der Waals surface area contributed by atoms with Crippen LogP contribution in [0.15, 0.2) is 42.5 Å². The van der Waals surface area contributed by atoms with Crippen LogP contribution in [0.2, 0.25) is 0 Å². The van der Waals surface area contributed by atoms with Gasteiger partial charge in [-0.05, 0) is 49.9 Å². The molecule has 0 saturated carbocycles. The topological polar surface area (TPSA) is 71.1 Å². The van der Waals surface area contributed by atoms with Crippen molar-refractivity contribution >= 4 is 17.6 Å². The van der Waals surface area contributed by atoms with Gasteiger partial charge in [-0.1, -0.05) is 38.1 Å². The maximum atomic E-state index is 12.6. The lowest BCUT2D eigenvalue weighted by Crippen LogP contribution is -2.44. The molecule has 2 rings (SSSR count). The maximum Gasteiger partial charge on any atom is 0.252 e. The number of anilines is 1. The molecule has 0 saturated heterocycles. The lowest BCUT2D eigenvalue weighted by molar-refractivity contribution is -0.118. The first-order valence-electron chi connectivity index (χ1n) is 8.48. The van der Waals surface area contributed by atoms with Gasteiger partial charge in [0.2, 0.25) is 5.91 Å². The summed E-state index contributed by atoms with van der Waals surface area (Å²) in [6.07, 6.45) is 0.551. The average Bonchev–Trinajstić information content (AvgIpc) is 2.54. The summed E-state index contributed by atoms with van der Waals surface area (Å²) in [5, 5.41) is 5.66. The minimum atomic E-state index is -0.616. The normalized spacial score (nSPS) is 11.9. The molecule has 2 aromatic rings. The number of pyridine rings is 1. The predicted octanol–water partition coefficient (Wildman–Crippen LogP) is 3.48. The Morgan fingerprint density at radius 1 is 1.04 bits per heavy atom. The van der Waals surface area contributed by atoms with Gasteiger partial charge in [-0.25, -0.2) is 4.98 Å². The SMILES string of the molecule is Cc1cccc(NC(=O)C(CC(C)C)NC(=O)c2ccccc2C)n1. The molecule has 1 unspecified atom stereocenters. The number of hydrogen-bond donors (Lipinski definition) is 2. The number of amides is 2. The molecule has 0 aliphatic rings. The van der Waals surface area contributed by atoms with Crippen molar-refractivity contribution in [3.8, 4) is 0 Å². The van der Waals surface area contributed by atoms with Crippen molar-refractivity contribution in [3.63, 3.8) is 0 Å². The van der Waals surface area contributed by atoms with Crippen molar-refractivity contribution in [2.75, 3.05) is 5.32 Å². The van der Waals surface area contributed by atoms with Crippen LogP contribution in [0.5, 0.6) is 0 Å². The van der Waals surface area contributed by atoms with Crippen LogP contribution in [0.3, 0.4) is 0 Å². The summed E-state index contributed by atoms with van der Waals surface area (Å²) >= 11 is 0. The number of hydrogen-bond acceptors (Lipinski definition) is 3. The molecule has 0 fully saturated rings. The number of nitrogens with one attached hydrogen (secondary N) is 2. The molecule has 132 valence electrons. The number of nitrogens with zero attached hydrogens (tertiary/aromatic N) is 1. The van der Waals surface area contributed by atoms with Crippen LogP contribution in [0.1, 0.15) is 41.9 Å². The molecule has 5 nitrogen and oxygen atoms in total. The summed E-state index contributed by atoms with van der Waals surface area (Å²) in [6.45, 7) is 7.78. The van der Waals surface area contributed by atoms with Gasteiger partial charge in [-0.15, -0.1) is 0 Å². The molecule has 1 heterocycles. The van der Waals surface area contributed by atoms with Crippen LogP contribution in [0.25, 0.3) is 0 Å². The number of benzene rings is 1. The van der Waals surface area contributed by atoms with Crippen molar-refractivity contribution in [3.05, 3.63) is 59.3 Å². The Hall–Kier alpha value is -2.69. The average molecular weight is 339 g/mol. The van der Waals surface area contributed by atoms with E-state index >= 15 is 0 Å². The molecular weight excluding hydrogens is 314 g/mol. The quantitative estimate of drug-likeness (QED) is 0.846. The molecule has 25 heavy (non-hydrogen) atoms. The first kappa shape index (κ1) is 18.6. The molecule has 1 atom stereocenters. The first-order valence-corrected chi connectivity index (χ1v) is 8.48. The zero-order chi connectivity index (χ0) is 18.4. The fourth-order valence-electron chi connectivity index (χ4n) is 2.59. The van der Waals surface area contributed by atoms with E-state index < -0.39 is 6.04 Å². The van der Waals surface area contributed by atoms with E-state index in [1.165, 1.54) is 0 Å². The predicted molar refractivity (Wildman–Crippen MR) is 99.5 cm³/mol. The summed E-state index contributed by atoms with van der Waals surface area (Å²) in [4.78, 5) is 29.5. The van der Waals surface area contributed by atoms with Gasteiger partial charge in [-0.3, -0.25) is 9.59 Å². The Balaban J connectivity index is 2.13. The second-order valence-corrected chi connectivity index (χ2v) is 6.62. The van der Waals surface area contributed by atoms with Crippen molar-refractivity contribution in [1.82, 2.24) is 10.3 Å². The van der Waals surface area contributed by atoms with E-state index in [1.54, 1.807) is 12.1 Å². The highest BCUT2D eigenvalue weighted by Crippen LogP contribution is 2.12. The summed E-state index contributed by atoms with van der Waals surface area (Å²) in [5.41, 5.74) is 2.28. The van der Waals surface area contributed by atoms with E-state index in [2.05, 4.69) is 15.6 Å². The molecule has 0 radical (unpaired) electrons. The Labute approximate surface area is 148 Å². The maximum absolute atomic E-state index is 12.6. The zero-order valence-corrected chi connectivity index (χ0v) is 15.2. The van der Waals surface area contributed by atoms with Crippen LogP contribution in [0, 0.1) is 19.8 Å². The second kappa shape index (κ2) is 8.42.